The van der Waals surface area contributed by atoms with E-state index in [9.17, 15) is 32.8 Å². The topological polar surface area (TPSA) is 115 Å². The van der Waals surface area contributed by atoms with E-state index in [-0.39, 0.29) is 35.9 Å². The molecule has 3 rings (SSSR count). The summed E-state index contributed by atoms with van der Waals surface area (Å²) in [4.78, 5) is 39.6. The van der Waals surface area contributed by atoms with Gasteiger partial charge in [-0.05, 0) is 51.2 Å². The number of rotatable bonds is 9. The Morgan fingerprint density at radius 3 is 2.47 bits per heavy atom. The average Bonchev–Trinajstić information content (AvgIpc) is 3.26. The summed E-state index contributed by atoms with van der Waals surface area (Å²) in [7, 11) is 0. The molecule has 7 nitrogen and oxygen atoms in total. The van der Waals surface area contributed by atoms with Crippen molar-refractivity contribution < 1.29 is 27.6 Å². The summed E-state index contributed by atoms with van der Waals surface area (Å²) in [6, 6.07) is 2.97. The van der Waals surface area contributed by atoms with Gasteiger partial charge in [-0.1, -0.05) is 12.8 Å². The van der Waals surface area contributed by atoms with Crippen molar-refractivity contribution in [2.75, 3.05) is 0 Å². The number of amides is 2. The summed E-state index contributed by atoms with van der Waals surface area (Å²) in [5.74, 6) is -2.12. The molecule has 2 fully saturated rings. The van der Waals surface area contributed by atoms with E-state index in [0.717, 1.165) is 25.0 Å². The van der Waals surface area contributed by atoms with Gasteiger partial charge in [0, 0.05) is 23.8 Å². The molecule has 3 atom stereocenters. The second kappa shape index (κ2) is 8.96. The lowest BCUT2D eigenvalue weighted by atomic mass is 9.90. The molecule has 1 aromatic rings. The zero-order valence-corrected chi connectivity index (χ0v) is 18.0. The molecule has 0 spiro atoms. The van der Waals surface area contributed by atoms with E-state index in [1.54, 1.807) is 0 Å². The third-order valence-corrected chi connectivity index (χ3v) is 5.99. The standard InChI is InChI=1S/C22H27F3N4O3/c1-21(2)10-14(20(32)29-21)8-15(11-26)27-19(31)13(7-12-3-4-12)9-17(30)16-5-6-18(28-16)22(23,24)25/h5-6,12-15,28H,3-4,7-10H2,1-2H3,(H,27,31)(H,29,32)/t13-,14-,15+/m1/s1. The molecule has 1 aromatic heterocycles. The smallest absolute Gasteiger partial charge is 0.351 e. The Labute approximate surface area is 184 Å². The van der Waals surface area contributed by atoms with Gasteiger partial charge in [-0.3, -0.25) is 14.4 Å². The van der Waals surface area contributed by atoms with Crippen LogP contribution in [0, 0.1) is 29.1 Å². The lowest BCUT2D eigenvalue weighted by molar-refractivity contribution is -0.140. The number of halogens is 3. The fourth-order valence-corrected chi connectivity index (χ4v) is 4.20. The second-order valence-electron chi connectivity index (χ2n) is 9.49. The van der Waals surface area contributed by atoms with Crippen molar-refractivity contribution >= 4 is 17.6 Å². The van der Waals surface area contributed by atoms with Crippen molar-refractivity contribution in [2.24, 2.45) is 17.8 Å². The number of H-pyrrole nitrogens is 1. The van der Waals surface area contributed by atoms with Crippen molar-refractivity contribution in [3.63, 3.8) is 0 Å². The number of aromatic nitrogens is 1. The summed E-state index contributed by atoms with van der Waals surface area (Å²) in [6.45, 7) is 3.76. The molecule has 3 N–H and O–H groups in total. The third kappa shape index (κ3) is 6.11. The van der Waals surface area contributed by atoms with Crippen LogP contribution in [0.15, 0.2) is 12.1 Å². The van der Waals surface area contributed by atoms with E-state index in [2.05, 4.69) is 15.6 Å². The number of hydrogen-bond acceptors (Lipinski definition) is 4. The van der Waals surface area contributed by atoms with E-state index in [4.69, 9.17) is 0 Å². The third-order valence-electron chi connectivity index (χ3n) is 5.99. The molecule has 0 radical (unpaired) electrons. The number of nitriles is 1. The van der Waals surface area contributed by atoms with E-state index in [1.807, 2.05) is 19.9 Å². The van der Waals surface area contributed by atoms with Crippen LogP contribution >= 0.6 is 0 Å². The lowest BCUT2D eigenvalue weighted by Crippen LogP contribution is -2.40. The maximum absolute atomic E-state index is 12.9. The molecular formula is C22H27F3N4O3. The summed E-state index contributed by atoms with van der Waals surface area (Å²) >= 11 is 0. The Kier molecular flexibility index (Phi) is 6.67. The molecule has 174 valence electrons. The van der Waals surface area contributed by atoms with Crippen LogP contribution in [0.5, 0.6) is 0 Å². The van der Waals surface area contributed by atoms with Gasteiger partial charge in [-0.2, -0.15) is 18.4 Å². The Balaban J connectivity index is 1.63. The molecule has 1 saturated heterocycles. The normalized spacial score (nSPS) is 22.0. The molecule has 0 aromatic carbocycles. The molecule has 1 aliphatic carbocycles. The van der Waals surface area contributed by atoms with Crippen molar-refractivity contribution in [2.45, 2.75) is 70.1 Å². The van der Waals surface area contributed by atoms with Gasteiger partial charge in [-0.25, -0.2) is 0 Å². The Morgan fingerprint density at radius 1 is 1.28 bits per heavy atom. The SMILES string of the molecule is CC1(C)C[C@@H](C[C@@H](C#N)NC(=O)[C@@H](CC(=O)c2ccc(C(F)(F)F)[nH]2)CC2CC2)C(=O)N1. The first-order valence-electron chi connectivity index (χ1n) is 10.7. The quantitative estimate of drug-likeness (QED) is 0.499. The van der Waals surface area contributed by atoms with Gasteiger partial charge >= 0.3 is 6.18 Å². The zero-order valence-electron chi connectivity index (χ0n) is 18.0. The predicted molar refractivity (Wildman–Crippen MR) is 108 cm³/mol. The van der Waals surface area contributed by atoms with Crippen LogP contribution in [0.3, 0.4) is 0 Å². The number of ketones is 1. The number of nitrogens with one attached hydrogen (secondary N) is 3. The van der Waals surface area contributed by atoms with Crippen LogP contribution in [0.4, 0.5) is 13.2 Å². The van der Waals surface area contributed by atoms with Crippen molar-refractivity contribution in [3.05, 3.63) is 23.5 Å². The zero-order chi connectivity index (χ0) is 23.7. The Hall–Kier alpha value is -2.83. The second-order valence-corrected chi connectivity index (χ2v) is 9.49. The number of aromatic amines is 1. The summed E-state index contributed by atoms with van der Waals surface area (Å²) < 4.78 is 38.4. The van der Waals surface area contributed by atoms with Crippen molar-refractivity contribution in [1.82, 2.24) is 15.6 Å². The number of Topliss-reactive ketones (excluding diaryl/α,β-unsaturated/α-hetero) is 1. The van der Waals surface area contributed by atoms with Gasteiger partial charge in [0.25, 0.3) is 0 Å². The summed E-state index contributed by atoms with van der Waals surface area (Å²) in [5, 5.41) is 15.0. The number of carbonyl (C=O) groups excluding carboxylic acids is 3. The minimum atomic E-state index is -4.59. The largest absolute Gasteiger partial charge is 0.431 e. The number of carbonyl (C=O) groups is 3. The van der Waals surface area contributed by atoms with Crippen molar-refractivity contribution in [3.8, 4) is 6.07 Å². The molecule has 1 aliphatic heterocycles. The van der Waals surface area contributed by atoms with Gasteiger partial charge in [-0.15, -0.1) is 0 Å². The predicted octanol–water partition coefficient (Wildman–Crippen LogP) is 3.34. The summed E-state index contributed by atoms with van der Waals surface area (Å²) in [5.41, 5.74) is -1.60. The molecule has 0 unspecified atom stereocenters. The van der Waals surface area contributed by atoms with E-state index in [1.165, 1.54) is 0 Å². The number of hydrogen-bond donors (Lipinski definition) is 3. The molecule has 10 heteroatoms. The number of nitrogens with zero attached hydrogens (tertiary/aromatic N) is 1. The van der Waals surface area contributed by atoms with E-state index in [0.29, 0.717) is 12.8 Å². The first kappa shape index (κ1) is 23.8. The van der Waals surface area contributed by atoms with Crippen LogP contribution < -0.4 is 10.6 Å². The fraction of sp³-hybridized carbons (Fsp3) is 0.636. The molecule has 32 heavy (non-hydrogen) atoms. The first-order valence-corrected chi connectivity index (χ1v) is 10.7. The number of alkyl halides is 3. The average molecular weight is 452 g/mol. The molecule has 0 bridgehead atoms. The van der Waals surface area contributed by atoms with E-state index < -0.39 is 41.4 Å². The van der Waals surface area contributed by atoms with Gasteiger partial charge < -0.3 is 15.6 Å². The molecule has 2 heterocycles. The van der Waals surface area contributed by atoms with Crippen LogP contribution in [0.1, 0.15) is 68.6 Å². The first-order chi connectivity index (χ1) is 14.9. The molecule has 2 amide bonds. The van der Waals surface area contributed by atoms with Crippen molar-refractivity contribution in [1.29, 1.82) is 5.26 Å². The maximum Gasteiger partial charge on any atom is 0.431 e. The van der Waals surface area contributed by atoms with Crippen LogP contribution in [-0.4, -0.2) is 34.2 Å². The van der Waals surface area contributed by atoms with Gasteiger partial charge in [0.2, 0.25) is 11.8 Å². The highest BCUT2D eigenvalue weighted by molar-refractivity contribution is 5.97. The molecule has 1 saturated carbocycles. The highest BCUT2D eigenvalue weighted by Crippen LogP contribution is 2.37. The summed E-state index contributed by atoms with van der Waals surface area (Å²) in [6.07, 6.45) is -1.86. The minimum absolute atomic E-state index is 0.160. The van der Waals surface area contributed by atoms with Crippen LogP contribution in [0.25, 0.3) is 0 Å². The Bertz CT molecular complexity index is 928. The highest BCUT2D eigenvalue weighted by Gasteiger charge is 2.39. The maximum atomic E-state index is 12.9. The van der Waals surface area contributed by atoms with E-state index >= 15 is 0 Å². The molecule has 2 aliphatic rings. The van der Waals surface area contributed by atoms with Crippen LogP contribution in [-0.2, 0) is 15.8 Å². The Morgan fingerprint density at radius 2 is 1.97 bits per heavy atom. The molecular weight excluding hydrogens is 425 g/mol. The highest BCUT2D eigenvalue weighted by atomic mass is 19.4. The minimum Gasteiger partial charge on any atom is -0.351 e. The monoisotopic (exact) mass is 452 g/mol. The van der Waals surface area contributed by atoms with Gasteiger partial charge in [0.1, 0.15) is 11.7 Å². The fourth-order valence-electron chi connectivity index (χ4n) is 4.20. The van der Waals surface area contributed by atoms with Crippen LogP contribution in [0.2, 0.25) is 0 Å². The lowest BCUT2D eigenvalue weighted by Gasteiger charge is -2.20. The van der Waals surface area contributed by atoms with Gasteiger partial charge in [0.15, 0.2) is 5.78 Å². The van der Waals surface area contributed by atoms with Gasteiger partial charge in [0.05, 0.1) is 11.8 Å².